The van der Waals surface area contributed by atoms with Crippen LogP contribution in [0.2, 0.25) is 0 Å². The zero-order valence-electron chi connectivity index (χ0n) is 17.3. The summed E-state index contributed by atoms with van der Waals surface area (Å²) in [6, 6.07) is 7.87. The zero-order chi connectivity index (χ0) is 20.8. The van der Waals surface area contributed by atoms with Crippen molar-refractivity contribution in [3.05, 3.63) is 29.8 Å². The maximum absolute atomic E-state index is 11.6. The molecule has 0 atom stereocenters. The monoisotopic (exact) mass is 388 g/mol. The molecular weight excluding hydrogens is 356 g/mol. The van der Waals surface area contributed by atoms with Crippen LogP contribution in [-0.2, 0) is 11.2 Å². The fourth-order valence-corrected chi connectivity index (χ4v) is 2.22. The van der Waals surface area contributed by atoms with Crippen molar-refractivity contribution in [1.82, 2.24) is 16.0 Å². The molecule has 0 fully saturated rings. The van der Waals surface area contributed by atoms with Gasteiger partial charge in [-0.05, 0) is 51.3 Å². The van der Waals surface area contributed by atoms with Gasteiger partial charge in [-0.2, -0.15) is 0 Å². The SMILES string of the molecule is C#CCOc1ccc(CCNC(=NC)NCCCNC(=O)OC(C)(C)C)cc1. The van der Waals surface area contributed by atoms with Crippen molar-refractivity contribution in [2.24, 2.45) is 4.99 Å². The van der Waals surface area contributed by atoms with Crippen LogP contribution in [0.25, 0.3) is 0 Å². The van der Waals surface area contributed by atoms with Crippen LogP contribution in [0.4, 0.5) is 4.79 Å². The first-order valence-corrected chi connectivity index (χ1v) is 9.40. The predicted octanol–water partition coefficient (Wildman–Crippen LogP) is 2.32. The molecule has 0 aliphatic rings. The molecule has 3 N–H and O–H groups in total. The van der Waals surface area contributed by atoms with Gasteiger partial charge in [0.2, 0.25) is 0 Å². The number of nitrogens with one attached hydrogen (secondary N) is 3. The summed E-state index contributed by atoms with van der Waals surface area (Å²) in [7, 11) is 1.73. The first kappa shape index (κ1) is 23.2. The van der Waals surface area contributed by atoms with E-state index in [-0.39, 0.29) is 6.61 Å². The van der Waals surface area contributed by atoms with Crippen molar-refractivity contribution in [3.63, 3.8) is 0 Å². The molecule has 0 aliphatic carbocycles. The number of rotatable bonds is 9. The number of hydrogen-bond acceptors (Lipinski definition) is 4. The van der Waals surface area contributed by atoms with Crippen LogP contribution in [-0.4, -0.2) is 50.9 Å². The number of carbonyl (C=O) groups is 1. The highest BCUT2D eigenvalue weighted by molar-refractivity contribution is 5.79. The molecule has 1 aromatic carbocycles. The third-order valence-electron chi connectivity index (χ3n) is 3.49. The number of carbonyl (C=O) groups excluding carboxylic acids is 1. The second kappa shape index (κ2) is 12.5. The van der Waals surface area contributed by atoms with E-state index in [1.54, 1.807) is 7.05 Å². The van der Waals surface area contributed by atoms with Gasteiger partial charge in [-0.1, -0.05) is 18.1 Å². The number of nitrogens with zero attached hydrogens (tertiary/aromatic N) is 1. The fraction of sp³-hybridized carbons (Fsp3) is 0.524. The number of ether oxygens (including phenoxy) is 2. The molecule has 0 aromatic heterocycles. The van der Waals surface area contributed by atoms with Crippen LogP contribution in [0.1, 0.15) is 32.8 Å². The summed E-state index contributed by atoms with van der Waals surface area (Å²) < 4.78 is 10.5. The van der Waals surface area contributed by atoms with Gasteiger partial charge in [-0.15, -0.1) is 6.42 Å². The maximum Gasteiger partial charge on any atom is 0.407 e. The highest BCUT2D eigenvalue weighted by atomic mass is 16.6. The molecule has 1 amide bonds. The quantitative estimate of drug-likeness (QED) is 0.262. The molecule has 1 aromatic rings. The van der Waals surface area contributed by atoms with Crippen LogP contribution in [0, 0.1) is 12.3 Å². The molecule has 0 spiro atoms. The van der Waals surface area contributed by atoms with E-state index in [0.717, 1.165) is 31.1 Å². The molecular formula is C21H32N4O3. The Labute approximate surface area is 168 Å². The van der Waals surface area contributed by atoms with Gasteiger partial charge in [-0.3, -0.25) is 4.99 Å². The fourth-order valence-electron chi connectivity index (χ4n) is 2.22. The minimum atomic E-state index is -0.483. The number of terminal acetylenes is 1. The molecule has 28 heavy (non-hydrogen) atoms. The van der Waals surface area contributed by atoms with Crippen LogP contribution in [0.5, 0.6) is 5.75 Å². The Morgan fingerprint density at radius 2 is 1.75 bits per heavy atom. The Morgan fingerprint density at radius 3 is 2.36 bits per heavy atom. The van der Waals surface area contributed by atoms with Gasteiger partial charge >= 0.3 is 6.09 Å². The van der Waals surface area contributed by atoms with Crippen molar-refractivity contribution in [3.8, 4) is 18.1 Å². The van der Waals surface area contributed by atoms with E-state index in [4.69, 9.17) is 15.9 Å². The minimum absolute atomic E-state index is 0.274. The van der Waals surface area contributed by atoms with Gasteiger partial charge < -0.3 is 25.4 Å². The van der Waals surface area contributed by atoms with Crippen LogP contribution >= 0.6 is 0 Å². The molecule has 0 saturated heterocycles. The lowest BCUT2D eigenvalue weighted by atomic mass is 10.1. The predicted molar refractivity (Wildman–Crippen MR) is 113 cm³/mol. The Bertz CT molecular complexity index is 658. The lowest BCUT2D eigenvalue weighted by Gasteiger charge is -2.19. The van der Waals surface area contributed by atoms with E-state index in [9.17, 15) is 4.79 Å². The molecule has 7 heteroatoms. The topological polar surface area (TPSA) is 84.0 Å². The summed E-state index contributed by atoms with van der Waals surface area (Å²) in [5, 5.41) is 9.21. The summed E-state index contributed by atoms with van der Waals surface area (Å²) in [4.78, 5) is 15.7. The van der Waals surface area contributed by atoms with E-state index in [0.29, 0.717) is 13.1 Å². The summed E-state index contributed by atoms with van der Waals surface area (Å²) in [6.45, 7) is 7.77. The summed E-state index contributed by atoms with van der Waals surface area (Å²) in [6.07, 6.45) is 6.40. The maximum atomic E-state index is 11.6. The first-order chi connectivity index (χ1) is 13.3. The standard InChI is InChI=1S/C21H32N4O3/c1-6-16-27-18-10-8-17(9-11-18)12-15-24-19(22-5)23-13-7-14-25-20(26)28-21(2,3)4/h1,8-11H,7,12-16H2,2-5H3,(H,25,26)(H2,22,23,24). The average Bonchev–Trinajstić information content (AvgIpc) is 2.64. The number of amides is 1. The highest BCUT2D eigenvalue weighted by Gasteiger charge is 2.15. The first-order valence-electron chi connectivity index (χ1n) is 9.40. The van der Waals surface area contributed by atoms with Gasteiger partial charge in [0.15, 0.2) is 5.96 Å². The van der Waals surface area contributed by atoms with Gasteiger partial charge in [0.05, 0.1) is 0 Å². The normalized spacial score (nSPS) is 11.3. The minimum Gasteiger partial charge on any atom is -0.481 e. The van der Waals surface area contributed by atoms with E-state index >= 15 is 0 Å². The van der Waals surface area contributed by atoms with Gasteiger partial charge in [-0.25, -0.2) is 4.79 Å². The number of benzene rings is 1. The molecule has 0 radical (unpaired) electrons. The van der Waals surface area contributed by atoms with Crippen LogP contribution in [0.15, 0.2) is 29.3 Å². The Kier molecular flexibility index (Phi) is 10.3. The molecule has 1 rings (SSSR count). The number of hydrogen-bond donors (Lipinski definition) is 3. The van der Waals surface area contributed by atoms with Crippen LogP contribution < -0.4 is 20.7 Å². The largest absolute Gasteiger partial charge is 0.481 e. The van der Waals surface area contributed by atoms with Crippen molar-refractivity contribution in [2.45, 2.75) is 39.2 Å². The van der Waals surface area contributed by atoms with Crippen molar-refractivity contribution in [2.75, 3.05) is 33.3 Å². The van der Waals surface area contributed by atoms with Crippen LogP contribution in [0.3, 0.4) is 0 Å². The van der Waals surface area contributed by atoms with E-state index < -0.39 is 11.7 Å². The molecule has 7 nitrogen and oxygen atoms in total. The third-order valence-corrected chi connectivity index (χ3v) is 3.49. The molecule has 0 bridgehead atoms. The Hall–Kier alpha value is -2.88. The summed E-state index contributed by atoms with van der Waals surface area (Å²) >= 11 is 0. The third kappa shape index (κ3) is 11.0. The summed E-state index contributed by atoms with van der Waals surface area (Å²) in [5.41, 5.74) is 0.709. The summed E-state index contributed by atoms with van der Waals surface area (Å²) in [5.74, 6) is 3.94. The van der Waals surface area contributed by atoms with Gasteiger partial charge in [0.1, 0.15) is 18.0 Å². The van der Waals surface area contributed by atoms with E-state index in [1.165, 1.54) is 5.56 Å². The van der Waals surface area contributed by atoms with E-state index in [2.05, 4.69) is 26.9 Å². The van der Waals surface area contributed by atoms with E-state index in [1.807, 2.05) is 45.0 Å². The van der Waals surface area contributed by atoms with Crippen molar-refractivity contribution >= 4 is 12.1 Å². The molecule has 0 heterocycles. The number of aliphatic imine (C=N–C) groups is 1. The molecule has 0 unspecified atom stereocenters. The van der Waals surface area contributed by atoms with Gasteiger partial charge in [0, 0.05) is 26.7 Å². The lowest BCUT2D eigenvalue weighted by molar-refractivity contribution is 0.0527. The Balaban J connectivity index is 2.18. The van der Waals surface area contributed by atoms with Crippen molar-refractivity contribution < 1.29 is 14.3 Å². The number of alkyl carbamates (subject to hydrolysis) is 1. The van der Waals surface area contributed by atoms with Gasteiger partial charge in [0.25, 0.3) is 0 Å². The smallest absolute Gasteiger partial charge is 0.407 e. The second-order valence-electron chi connectivity index (χ2n) is 7.09. The average molecular weight is 389 g/mol. The Morgan fingerprint density at radius 1 is 1.11 bits per heavy atom. The molecule has 0 aliphatic heterocycles. The second-order valence-corrected chi connectivity index (χ2v) is 7.09. The molecule has 154 valence electrons. The highest BCUT2D eigenvalue weighted by Crippen LogP contribution is 2.12. The number of guanidine groups is 1. The lowest BCUT2D eigenvalue weighted by Crippen LogP contribution is -2.40. The van der Waals surface area contributed by atoms with Crippen molar-refractivity contribution in [1.29, 1.82) is 0 Å². The zero-order valence-corrected chi connectivity index (χ0v) is 17.3. The molecule has 0 saturated carbocycles.